The Kier molecular flexibility index (Phi) is 7.23. The van der Waals surface area contributed by atoms with E-state index in [9.17, 15) is 9.59 Å². The summed E-state index contributed by atoms with van der Waals surface area (Å²) < 4.78 is 8.08. The number of halogens is 1. The van der Waals surface area contributed by atoms with Crippen LogP contribution in [0.5, 0.6) is 0 Å². The van der Waals surface area contributed by atoms with Gasteiger partial charge in [0.1, 0.15) is 17.4 Å². The highest BCUT2D eigenvalue weighted by Crippen LogP contribution is 2.53. The highest BCUT2D eigenvalue weighted by molar-refractivity contribution is 9.12. The van der Waals surface area contributed by atoms with Crippen molar-refractivity contribution >= 4 is 38.7 Å². The van der Waals surface area contributed by atoms with E-state index in [4.69, 9.17) is 9.72 Å². The maximum absolute atomic E-state index is 13.1. The van der Waals surface area contributed by atoms with Gasteiger partial charge in [0.15, 0.2) is 5.78 Å². The number of carbonyl (C=O) groups is 2. The Morgan fingerprint density at radius 3 is 2.58 bits per heavy atom. The number of fused-ring (bicyclic) bond motifs is 1. The predicted octanol–water partition coefficient (Wildman–Crippen LogP) is 5.69. The summed E-state index contributed by atoms with van der Waals surface area (Å²) >= 11 is 3.48. The van der Waals surface area contributed by atoms with Crippen LogP contribution in [-0.2, 0) is 20.7 Å². The SMILES string of the molecule is CCOC(=O)[C@H](Cc1ccc(-n2c(-c3cccnc3)nc3cnccc32)cc1)NC1=C(Br)C(=O)C12CCCCC2. The Balaban J connectivity index is 1.30. The second-order valence-corrected chi connectivity index (χ2v) is 11.2. The molecule has 1 saturated carbocycles. The molecule has 1 spiro atoms. The van der Waals surface area contributed by atoms with E-state index in [2.05, 4.69) is 35.8 Å². The maximum atomic E-state index is 13.1. The molecule has 1 aromatic carbocycles. The molecule has 0 radical (unpaired) electrons. The molecule has 8 nitrogen and oxygen atoms in total. The van der Waals surface area contributed by atoms with Gasteiger partial charge in [-0.3, -0.25) is 19.3 Å². The first-order valence-corrected chi connectivity index (χ1v) is 14.5. The highest BCUT2D eigenvalue weighted by atomic mass is 79.9. The molecule has 6 rings (SSSR count). The number of hydrogen-bond acceptors (Lipinski definition) is 7. The lowest BCUT2D eigenvalue weighted by molar-refractivity contribution is -0.146. The molecule has 2 aliphatic rings. The topological polar surface area (TPSA) is 99.0 Å². The van der Waals surface area contributed by atoms with Crippen LogP contribution in [0.15, 0.2) is 77.4 Å². The van der Waals surface area contributed by atoms with Gasteiger partial charge in [-0.25, -0.2) is 9.78 Å². The Hall–Kier alpha value is -3.85. The van der Waals surface area contributed by atoms with E-state index < -0.39 is 11.5 Å². The first-order valence-electron chi connectivity index (χ1n) is 13.7. The predicted molar refractivity (Wildman–Crippen MR) is 156 cm³/mol. The molecule has 0 aliphatic heterocycles. The van der Waals surface area contributed by atoms with Crippen LogP contribution in [-0.4, -0.2) is 43.9 Å². The maximum Gasteiger partial charge on any atom is 0.328 e. The quantitative estimate of drug-likeness (QED) is 0.260. The minimum absolute atomic E-state index is 0.147. The number of imidazole rings is 1. The highest BCUT2D eigenvalue weighted by Gasteiger charge is 2.53. The summed E-state index contributed by atoms with van der Waals surface area (Å²) in [6, 6.07) is 13.3. The molecule has 0 unspecified atom stereocenters. The molecule has 1 fully saturated rings. The number of Topliss-reactive ketones (excluding diaryl/α,β-unsaturated/α-hetero) is 1. The van der Waals surface area contributed by atoms with Crippen molar-refractivity contribution in [3.05, 3.63) is 83.0 Å². The van der Waals surface area contributed by atoms with E-state index in [1.807, 2.05) is 42.5 Å². The van der Waals surface area contributed by atoms with Gasteiger partial charge < -0.3 is 10.1 Å². The third kappa shape index (κ3) is 4.62. The Morgan fingerprint density at radius 2 is 1.85 bits per heavy atom. The fraction of sp³-hybridized carbons (Fsp3) is 0.323. The summed E-state index contributed by atoms with van der Waals surface area (Å²) in [6.45, 7) is 2.10. The van der Waals surface area contributed by atoms with Gasteiger partial charge in [0.25, 0.3) is 0 Å². The molecule has 1 atom stereocenters. The smallest absolute Gasteiger partial charge is 0.328 e. The third-order valence-corrected chi connectivity index (χ3v) is 8.70. The third-order valence-electron chi connectivity index (χ3n) is 7.94. The summed E-state index contributed by atoms with van der Waals surface area (Å²) in [5.74, 6) is 0.602. The largest absolute Gasteiger partial charge is 0.464 e. The number of pyridine rings is 2. The lowest BCUT2D eigenvalue weighted by Gasteiger charge is -2.46. The first kappa shape index (κ1) is 26.4. The van der Waals surface area contributed by atoms with Gasteiger partial charge in [0.05, 0.1) is 28.2 Å². The van der Waals surface area contributed by atoms with Gasteiger partial charge in [-0.15, -0.1) is 0 Å². The average Bonchev–Trinajstić information content (AvgIpc) is 3.40. The van der Waals surface area contributed by atoms with Crippen molar-refractivity contribution in [3.63, 3.8) is 0 Å². The molecule has 40 heavy (non-hydrogen) atoms. The standard InChI is InChI=1S/C31H30BrN5O3/c1-2-40-30(39)23(35-27-26(32)28(38)31(27)13-4-3-5-14-31)17-20-8-10-22(11-9-20)37-25-12-16-34-19-24(25)36-29(37)21-7-6-15-33-18-21/h6-12,15-16,18-19,23,35H,2-5,13-14,17H2,1H3/t23-/m0/s1. The normalized spacial score (nSPS) is 17.1. The van der Waals surface area contributed by atoms with Gasteiger partial charge in [0, 0.05) is 42.0 Å². The average molecular weight is 601 g/mol. The van der Waals surface area contributed by atoms with Crippen LogP contribution in [0.25, 0.3) is 28.1 Å². The summed E-state index contributed by atoms with van der Waals surface area (Å²) in [5.41, 5.74) is 4.91. The van der Waals surface area contributed by atoms with Crippen molar-refractivity contribution in [1.29, 1.82) is 0 Å². The van der Waals surface area contributed by atoms with Crippen LogP contribution in [0.2, 0.25) is 0 Å². The molecule has 3 aromatic heterocycles. The minimum atomic E-state index is -0.605. The van der Waals surface area contributed by atoms with Gasteiger partial charge in [-0.1, -0.05) is 31.4 Å². The number of allylic oxidation sites excluding steroid dienone is 2. The number of ketones is 1. The first-order chi connectivity index (χ1) is 19.5. The van der Waals surface area contributed by atoms with E-state index in [0.717, 1.165) is 71.5 Å². The second-order valence-electron chi connectivity index (χ2n) is 10.4. The van der Waals surface area contributed by atoms with Crippen molar-refractivity contribution in [2.45, 2.75) is 51.5 Å². The van der Waals surface area contributed by atoms with Crippen molar-refractivity contribution in [2.24, 2.45) is 5.41 Å². The number of carbonyl (C=O) groups excluding carboxylic acids is 2. The summed E-state index contributed by atoms with van der Waals surface area (Å²) in [6.07, 6.45) is 12.3. The van der Waals surface area contributed by atoms with Crippen LogP contribution in [0, 0.1) is 5.41 Å². The van der Waals surface area contributed by atoms with Crippen molar-refractivity contribution in [1.82, 2.24) is 24.8 Å². The Morgan fingerprint density at radius 1 is 1.07 bits per heavy atom. The molecule has 0 bridgehead atoms. The fourth-order valence-electron chi connectivity index (χ4n) is 5.93. The molecule has 4 aromatic rings. The van der Waals surface area contributed by atoms with Crippen molar-refractivity contribution in [2.75, 3.05) is 6.61 Å². The monoisotopic (exact) mass is 599 g/mol. The van der Waals surface area contributed by atoms with E-state index in [0.29, 0.717) is 17.5 Å². The number of hydrogen-bond donors (Lipinski definition) is 1. The summed E-state index contributed by atoms with van der Waals surface area (Å²) in [4.78, 5) is 39.3. The number of benzene rings is 1. The molecule has 9 heteroatoms. The van der Waals surface area contributed by atoms with Crippen LogP contribution < -0.4 is 5.32 Å². The van der Waals surface area contributed by atoms with E-state index in [1.54, 1.807) is 31.7 Å². The van der Waals surface area contributed by atoms with Crippen LogP contribution in [0.3, 0.4) is 0 Å². The van der Waals surface area contributed by atoms with Gasteiger partial charge >= 0.3 is 5.97 Å². The number of ether oxygens (including phenoxy) is 1. The second kappa shape index (κ2) is 11.0. The zero-order chi connectivity index (χ0) is 27.7. The number of nitrogens with zero attached hydrogens (tertiary/aromatic N) is 4. The van der Waals surface area contributed by atoms with Gasteiger partial charge in [-0.2, -0.15) is 0 Å². The lowest BCUT2D eigenvalue weighted by Crippen LogP contribution is -2.53. The van der Waals surface area contributed by atoms with E-state index >= 15 is 0 Å². The van der Waals surface area contributed by atoms with Crippen LogP contribution in [0.4, 0.5) is 0 Å². The number of nitrogens with one attached hydrogen (secondary N) is 1. The van der Waals surface area contributed by atoms with Crippen molar-refractivity contribution < 1.29 is 14.3 Å². The number of esters is 1. The molecule has 0 saturated heterocycles. The number of rotatable bonds is 8. The van der Waals surface area contributed by atoms with Crippen LogP contribution in [0.1, 0.15) is 44.6 Å². The summed E-state index contributed by atoms with van der Waals surface area (Å²) in [5, 5.41) is 3.43. The number of aromatic nitrogens is 4. The Labute approximate surface area is 241 Å². The molecular formula is C31H30BrN5O3. The molecular weight excluding hydrogens is 570 g/mol. The zero-order valence-corrected chi connectivity index (χ0v) is 23.9. The van der Waals surface area contributed by atoms with E-state index in [-0.39, 0.29) is 11.8 Å². The molecule has 1 N–H and O–H groups in total. The Bertz CT molecular complexity index is 1590. The molecule has 204 valence electrons. The summed E-state index contributed by atoms with van der Waals surface area (Å²) in [7, 11) is 0. The van der Waals surface area contributed by atoms with Gasteiger partial charge in [-0.05, 0) is 71.6 Å². The van der Waals surface area contributed by atoms with Gasteiger partial charge in [0.2, 0.25) is 0 Å². The molecule has 0 amide bonds. The zero-order valence-electron chi connectivity index (χ0n) is 22.3. The lowest BCUT2D eigenvalue weighted by atomic mass is 9.62. The minimum Gasteiger partial charge on any atom is -0.464 e. The van der Waals surface area contributed by atoms with Crippen LogP contribution >= 0.6 is 15.9 Å². The van der Waals surface area contributed by atoms with Crippen molar-refractivity contribution in [3.8, 4) is 17.1 Å². The van der Waals surface area contributed by atoms with E-state index in [1.165, 1.54) is 0 Å². The fourth-order valence-corrected chi connectivity index (χ4v) is 6.80. The molecule has 3 heterocycles. The molecule has 2 aliphatic carbocycles.